The molecule has 1 fully saturated rings. The Hall–Kier alpha value is -4.24. The molecule has 0 bridgehead atoms. The maximum Gasteiger partial charge on any atom is 0.254 e. The first-order valence-corrected chi connectivity index (χ1v) is 15.8. The Morgan fingerprint density at radius 2 is 1.73 bits per heavy atom. The van der Waals surface area contributed by atoms with Gasteiger partial charge in [-0.2, -0.15) is 0 Å². The summed E-state index contributed by atoms with van der Waals surface area (Å²) < 4.78 is 18.8. The van der Waals surface area contributed by atoms with Gasteiger partial charge in [0.15, 0.2) is 0 Å². The molecule has 0 saturated carbocycles. The summed E-state index contributed by atoms with van der Waals surface area (Å²) in [6.07, 6.45) is 5.73. The number of piperidine rings is 1. The minimum Gasteiger partial charge on any atom is -0.497 e. The standard InChI is InChI=1S/C36H45FN4O4/c1-4-10-30-13-8-9-18-41(30)36(44)27-21-26(22-31(23-27)45-3)35(43)40-33(20-25-11-6-5-7-12-25)32(38)19-24(2)34(42)39-29-16-14-28(37)15-17-29/h5-7,11-12,14-17,21-24,30,32-33H,4,8-10,13,18-20,38H2,1-3H3,(H,39,42)(H,40,43)/t24-,30?,32+,33+/m1/s1. The fourth-order valence-electron chi connectivity index (χ4n) is 5.95. The lowest BCUT2D eigenvalue weighted by atomic mass is 9.91. The number of nitrogens with zero attached hydrogens (tertiary/aromatic N) is 1. The second kappa shape index (κ2) is 16.2. The van der Waals surface area contributed by atoms with Crippen LogP contribution in [-0.4, -0.2) is 54.4 Å². The lowest BCUT2D eigenvalue weighted by molar-refractivity contribution is -0.119. The molecular weight excluding hydrogens is 571 g/mol. The zero-order valence-corrected chi connectivity index (χ0v) is 26.4. The molecular formula is C36H45FN4O4. The summed E-state index contributed by atoms with van der Waals surface area (Å²) in [7, 11) is 1.51. The minimum absolute atomic E-state index is 0.0976. The number of nitrogens with one attached hydrogen (secondary N) is 2. The Balaban J connectivity index is 1.52. The van der Waals surface area contributed by atoms with Gasteiger partial charge in [0, 0.05) is 47.4 Å². The number of hydrogen-bond acceptors (Lipinski definition) is 5. The minimum atomic E-state index is -0.571. The quantitative estimate of drug-likeness (QED) is 0.219. The van der Waals surface area contributed by atoms with E-state index in [0.29, 0.717) is 42.0 Å². The summed E-state index contributed by atoms with van der Waals surface area (Å²) in [4.78, 5) is 42.3. The van der Waals surface area contributed by atoms with Gasteiger partial charge < -0.3 is 26.0 Å². The lowest BCUT2D eigenvalue weighted by Crippen LogP contribution is -2.50. The van der Waals surface area contributed by atoms with E-state index < -0.39 is 18.0 Å². The van der Waals surface area contributed by atoms with Gasteiger partial charge in [0.25, 0.3) is 11.8 Å². The fourth-order valence-corrected chi connectivity index (χ4v) is 5.95. The molecule has 0 spiro atoms. The van der Waals surface area contributed by atoms with E-state index in [2.05, 4.69) is 17.6 Å². The van der Waals surface area contributed by atoms with Crippen LogP contribution in [0.3, 0.4) is 0 Å². The van der Waals surface area contributed by atoms with Crippen molar-refractivity contribution in [2.45, 2.75) is 76.9 Å². The molecule has 240 valence electrons. The van der Waals surface area contributed by atoms with Crippen LogP contribution in [0.25, 0.3) is 0 Å². The molecule has 0 aromatic heterocycles. The Kier molecular flexibility index (Phi) is 12.1. The molecule has 4 atom stereocenters. The van der Waals surface area contributed by atoms with Gasteiger partial charge >= 0.3 is 0 Å². The van der Waals surface area contributed by atoms with E-state index in [-0.39, 0.29) is 29.6 Å². The Morgan fingerprint density at radius 3 is 2.42 bits per heavy atom. The van der Waals surface area contributed by atoms with Gasteiger partial charge in [-0.05, 0) is 86.6 Å². The van der Waals surface area contributed by atoms with Crippen molar-refractivity contribution >= 4 is 23.4 Å². The van der Waals surface area contributed by atoms with Crippen molar-refractivity contribution in [3.05, 3.63) is 95.3 Å². The molecule has 4 rings (SSSR count). The average molecular weight is 617 g/mol. The monoisotopic (exact) mass is 616 g/mol. The van der Waals surface area contributed by atoms with E-state index in [1.807, 2.05) is 35.2 Å². The van der Waals surface area contributed by atoms with Crippen LogP contribution in [0.15, 0.2) is 72.8 Å². The Labute approximate surface area is 265 Å². The second-order valence-corrected chi connectivity index (χ2v) is 12.0. The van der Waals surface area contributed by atoms with Crippen molar-refractivity contribution < 1.29 is 23.5 Å². The molecule has 0 aliphatic carbocycles. The zero-order chi connectivity index (χ0) is 32.3. The number of halogens is 1. The lowest BCUT2D eigenvalue weighted by Gasteiger charge is -2.36. The molecule has 1 aliphatic heterocycles. The summed E-state index contributed by atoms with van der Waals surface area (Å²) in [5, 5.41) is 5.89. The van der Waals surface area contributed by atoms with Gasteiger partial charge in [-0.3, -0.25) is 14.4 Å². The van der Waals surface area contributed by atoms with Crippen molar-refractivity contribution in [1.29, 1.82) is 0 Å². The van der Waals surface area contributed by atoms with Crippen molar-refractivity contribution in [2.75, 3.05) is 19.0 Å². The van der Waals surface area contributed by atoms with E-state index in [1.165, 1.54) is 31.4 Å². The Morgan fingerprint density at radius 1 is 1.02 bits per heavy atom. The van der Waals surface area contributed by atoms with E-state index in [1.54, 1.807) is 25.1 Å². The number of carbonyl (C=O) groups excluding carboxylic acids is 3. The van der Waals surface area contributed by atoms with Crippen LogP contribution in [0.1, 0.15) is 78.7 Å². The van der Waals surface area contributed by atoms with Gasteiger partial charge in [0.05, 0.1) is 7.11 Å². The van der Waals surface area contributed by atoms with Crippen molar-refractivity contribution in [3.8, 4) is 5.75 Å². The van der Waals surface area contributed by atoms with Crippen molar-refractivity contribution in [2.24, 2.45) is 11.7 Å². The summed E-state index contributed by atoms with van der Waals surface area (Å²) in [5.41, 5.74) is 8.88. The van der Waals surface area contributed by atoms with Crippen LogP contribution in [0.2, 0.25) is 0 Å². The summed E-state index contributed by atoms with van der Waals surface area (Å²) in [5.74, 6) is -1.18. The van der Waals surface area contributed by atoms with Crippen LogP contribution in [0.4, 0.5) is 10.1 Å². The first kappa shape index (κ1) is 33.6. The predicted molar refractivity (Wildman–Crippen MR) is 175 cm³/mol. The highest BCUT2D eigenvalue weighted by molar-refractivity contribution is 6.00. The third kappa shape index (κ3) is 9.38. The SMILES string of the molecule is CCCC1CCCCN1C(=O)c1cc(OC)cc(C(=O)N[C@@H](Cc2ccccc2)[C@@H](N)C[C@@H](C)C(=O)Nc2ccc(F)cc2)c1. The van der Waals surface area contributed by atoms with E-state index in [9.17, 15) is 18.8 Å². The maximum atomic E-state index is 13.8. The number of ether oxygens (including phenoxy) is 1. The smallest absolute Gasteiger partial charge is 0.254 e. The van der Waals surface area contributed by atoms with Gasteiger partial charge in [0.2, 0.25) is 5.91 Å². The van der Waals surface area contributed by atoms with E-state index >= 15 is 0 Å². The highest BCUT2D eigenvalue weighted by Gasteiger charge is 2.29. The highest BCUT2D eigenvalue weighted by Crippen LogP contribution is 2.26. The molecule has 45 heavy (non-hydrogen) atoms. The number of anilines is 1. The van der Waals surface area contributed by atoms with E-state index in [4.69, 9.17) is 10.5 Å². The number of hydrogen-bond donors (Lipinski definition) is 3. The number of likely N-dealkylation sites (tertiary alicyclic amines) is 1. The first-order valence-electron chi connectivity index (χ1n) is 15.8. The summed E-state index contributed by atoms with van der Waals surface area (Å²) in [6.45, 7) is 4.59. The first-order chi connectivity index (χ1) is 21.7. The molecule has 3 aromatic rings. The topological polar surface area (TPSA) is 114 Å². The van der Waals surface area contributed by atoms with Crippen LogP contribution < -0.4 is 21.1 Å². The highest BCUT2D eigenvalue weighted by atomic mass is 19.1. The van der Waals surface area contributed by atoms with Crippen LogP contribution >= 0.6 is 0 Å². The number of amides is 3. The van der Waals surface area contributed by atoms with Crippen LogP contribution in [-0.2, 0) is 11.2 Å². The third-order valence-corrected chi connectivity index (χ3v) is 8.48. The number of carbonyl (C=O) groups is 3. The average Bonchev–Trinajstić information content (AvgIpc) is 3.05. The maximum absolute atomic E-state index is 13.8. The molecule has 1 unspecified atom stereocenters. The molecule has 1 heterocycles. The van der Waals surface area contributed by atoms with Gasteiger partial charge in [-0.25, -0.2) is 4.39 Å². The third-order valence-electron chi connectivity index (χ3n) is 8.48. The second-order valence-electron chi connectivity index (χ2n) is 12.0. The molecule has 8 nitrogen and oxygen atoms in total. The van der Waals surface area contributed by atoms with Gasteiger partial charge in [-0.1, -0.05) is 50.6 Å². The number of benzene rings is 3. The molecule has 1 saturated heterocycles. The molecule has 1 aliphatic rings. The van der Waals surface area contributed by atoms with Crippen molar-refractivity contribution in [3.63, 3.8) is 0 Å². The van der Waals surface area contributed by atoms with E-state index in [0.717, 1.165) is 37.7 Å². The van der Waals surface area contributed by atoms with Crippen LogP contribution in [0.5, 0.6) is 5.75 Å². The number of methoxy groups -OCH3 is 1. The predicted octanol–water partition coefficient (Wildman–Crippen LogP) is 5.96. The summed E-state index contributed by atoms with van der Waals surface area (Å²) in [6, 6.07) is 19.3. The molecule has 4 N–H and O–H groups in total. The number of nitrogens with two attached hydrogens (primary N) is 1. The Bertz CT molecular complexity index is 1430. The number of rotatable bonds is 13. The molecule has 0 radical (unpaired) electrons. The van der Waals surface area contributed by atoms with Crippen molar-refractivity contribution in [1.82, 2.24) is 10.2 Å². The van der Waals surface area contributed by atoms with Gasteiger partial charge in [0.1, 0.15) is 11.6 Å². The van der Waals surface area contributed by atoms with Crippen LogP contribution in [0, 0.1) is 11.7 Å². The largest absolute Gasteiger partial charge is 0.497 e. The fraction of sp³-hybridized carbons (Fsp3) is 0.417. The van der Waals surface area contributed by atoms with Gasteiger partial charge in [-0.15, -0.1) is 0 Å². The summed E-state index contributed by atoms with van der Waals surface area (Å²) >= 11 is 0. The normalized spacial score (nSPS) is 16.7. The molecule has 9 heteroatoms. The molecule has 3 amide bonds. The molecule has 3 aromatic carbocycles. The zero-order valence-electron chi connectivity index (χ0n) is 26.4.